The number of halogens is 2. The third-order valence-electron chi connectivity index (χ3n) is 5.47. The predicted octanol–water partition coefficient (Wildman–Crippen LogP) is 3.99. The molecule has 0 amide bonds. The second-order valence-corrected chi connectivity index (χ2v) is 7.95. The molecular weight excluding hydrogens is 529 g/mol. The fraction of sp³-hybridized carbons (Fsp3) is 0.435. The lowest BCUT2D eigenvalue weighted by Gasteiger charge is -2.27. The highest BCUT2D eigenvalue weighted by Gasteiger charge is 2.34. The molecule has 1 aliphatic rings. The van der Waals surface area contributed by atoms with Crippen LogP contribution < -0.4 is 15.4 Å². The summed E-state index contributed by atoms with van der Waals surface area (Å²) in [7, 11) is 1.76. The van der Waals surface area contributed by atoms with E-state index < -0.39 is 0 Å². The number of rotatable bonds is 9. The van der Waals surface area contributed by atoms with Crippen molar-refractivity contribution in [1.29, 1.82) is 0 Å². The van der Waals surface area contributed by atoms with Crippen molar-refractivity contribution in [3.63, 3.8) is 0 Å². The number of nitrogens with one attached hydrogen (secondary N) is 2. The minimum atomic E-state index is -0.0347. The molecule has 0 aliphatic carbocycles. The second-order valence-electron chi connectivity index (χ2n) is 7.54. The summed E-state index contributed by atoms with van der Waals surface area (Å²) in [6.45, 7) is 3.34. The first-order valence-corrected chi connectivity index (χ1v) is 10.6. The van der Waals surface area contributed by atoms with Crippen molar-refractivity contribution in [2.75, 3.05) is 33.4 Å². The molecule has 1 unspecified atom stereocenters. The number of hydrogen-bond acceptors (Lipinski definition) is 4. The van der Waals surface area contributed by atoms with Gasteiger partial charge in [0, 0.05) is 38.8 Å². The van der Waals surface area contributed by atoms with Crippen LogP contribution in [0.4, 0.5) is 0 Å². The molecule has 1 saturated heterocycles. The SMILES string of the molecule is CN=C(NCc1ccccc1COc1ccccc1Cl)NCC1(CCO)CCOC1.I. The number of para-hydroxylation sites is 1. The second kappa shape index (κ2) is 13.1. The monoisotopic (exact) mass is 559 g/mol. The van der Waals surface area contributed by atoms with Gasteiger partial charge in [0.25, 0.3) is 0 Å². The largest absolute Gasteiger partial charge is 0.487 e. The number of aliphatic hydroxyl groups is 1. The molecule has 6 nitrogen and oxygen atoms in total. The minimum absolute atomic E-state index is 0. The lowest BCUT2D eigenvalue weighted by atomic mass is 9.84. The van der Waals surface area contributed by atoms with Gasteiger partial charge in [-0.25, -0.2) is 0 Å². The van der Waals surface area contributed by atoms with Gasteiger partial charge in [0.1, 0.15) is 12.4 Å². The maximum absolute atomic E-state index is 9.40. The predicted molar refractivity (Wildman–Crippen MR) is 135 cm³/mol. The van der Waals surface area contributed by atoms with Gasteiger partial charge in [-0.1, -0.05) is 48.0 Å². The van der Waals surface area contributed by atoms with Crippen molar-refractivity contribution in [2.45, 2.75) is 26.0 Å². The molecule has 1 heterocycles. The van der Waals surface area contributed by atoms with Crippen molar-refractivity contribution in [3.8, 4) is 5.75 Å². The van der Waals surface area contributed by atoms with Gasteiger partial charge in [-0.05, 0) is 36.1 Å². The topological polar surface area (TPSA) is 75.1 Å². The van der Waals surface area contributed by atoms with Crippen molar-refractivity contribution in [1.82, 2.24) is 10.6 Å². The highest BCUT2D eigenvalue weighted by atomic mass is 127. The van der Waals surface area contributed by atoms with E-state index in [1.165, 1.54) is 0 Å². The maximum Gasteiger partial charge on any atom is 0.191 e. The van der Waals surface area contributed by atoms with Crippen LogP contribution in [0.3, 0.4) is 0 Å². The molecule has 0 aromatic heterocycles. The van der Waals surface area contributed by atoms with Crippen LogP contribution in [0.15, 0.2) is 53.5 Å². The first kappa shape index (κ1) is 25.7. The van der Waals surface area contributed by atoms with E-state index in [9.17, 15) is 5.11 Å². The first-order chi connectivity index (χ1) is 14.7. The van der Waals surface area contributed by atoms with Gasteiger partial charge >= 0.3 is 0 Å². The summed E-state index contributed by atoms with van der Waals surface area (Å²) in [4.78, 5) is 4.33. The number of benzene rings is 2. The van der Waals surface area contributed by atoms with Gasteiger partial charge in [0.05, 0.1) is 11.6 Å². The van der Waals surface area contributed by atoms with E-state index in [4.69, 9.17) is 21.1 Å². The number of aliphatic hydroxyl groups excluding tert-OH is 1. The van der Waals surface area contributed by atoms with Crippen LogP contribution >= 0.6 is 35.6 Å². The zero-order chi connectivity index (χ0) is 21.2. The molecule has 1 fully saturated rings. The number of hydrogen-bond donors (Lipinski definition) is 3. The van der Waals surface area contributed by atoms with Gasteiger partial charge in [0.2, 0.25) is 0 Å². The summed E-state index contributed by atoms with van der Waals surface area (Å²) < 4.78 is 11.5. The summed E-state index contributed by atoms with van der Waals surface area (Å²) in [5.41, 5.74) is 2.18. The molecule has 1 aliphatic heterocycles. The van der Waals surface area contributed by atoms with E-state index in [1.54, 1.807) is 7.05 Å². The Bertz CT molecular complexity index is 844. The summed E-state index contributed by atoms with van der Waals surface area (Å²) in [6.07, 6.45) is 1.67. The van der Waals surface area contributed by atoms with Crippen LogP contribution in [0, 0.1) is 5.41 Å². The standard InChI is InChI=1S/C23H30ClN3O3.HI/c1-25-22(27-16-23(10-12-28)11-13-29-17-23)26-14-18-6-2-3-7-19(18)15-30-21-9-5-4-8-20(21)24;/h2-9,28H,10-17H2,1H3,(H2,25,26,27);1H. The molecule has 2 aromatic rings. The molecule has 170 valence electrons. The number of guanidine groups is 1. The molecule has 31 heavy (non-hydrogen) atoms. The summed E-state index contributed by atoms with van der Waals surface area (Å²) >= 11 is 6.19. The normalized spacial score (nSPS) is 18.4. The van der Waals surface area contributed by atoms with Crippen LogP contribution in [0.5, 0.6) is 5.75 Å². The fourth-order valence-corrected chi connectivity index (χ4v) is 3.76. The number of nitrogens with zero attached hydrogens (tertiary/aromatic N) is 1. The van der Waals surface area contributed by atoms with Gasteiger partial charge in [0.15, 0.2) is 5.96 Å². The number of aliphatic imine (C=N–C) groups is 1. The van der Waals surface area contributed by atoms with Crippen LogP contribution in [0.2, 0.25) is 5.02 Å². The van der Waals surface area contributed by atoms with Crippen molar-refractivity contribution >= 4 is 41.5 Å². The molecule has 0 saturated carbocycles. The van der Waals surface area contributed by atoms with Gasteiger partial charge in [-0.2, -0.15) is 0 Å². The maximum atomic E-state index is 9.40. The Labute approximate surface area is 206 Å². The van der Waals surface area contributed by atoms with Crippen LogP contribution in [-0.4, -0.2) is 44.5 Å². The van der Waals surface area contributed by atoms with E-state index in [-0.39, 0.29) is 36.0 Å². The quantitative estimate of drug-likeness (QED) is 0.246. The summed E-state index contributed by atoms with van der Waals surface area (Å²) in [6, 6.07) is 15.6. The summed E-state index contributed by atoms with van der Waals surface area (Å²) in [5.74, 6) is 1.40. The highest BCUT2D eigenvalue weighted by molar-refractivity contribution is 14.0. The Morgan fingerprint density at radius 2 is 1.90 bits per heavy atom. The molecule has 3 N–H and O–H groups in total. The number of ether oxygens (including phenoxy) is 2. The van der Waals surface area contributed by atoms with E-state index in [1.807, 2.05) is 36.4 Å². The average molecular weight is 560 g/mol. The smallest absolute Gasteiger partial charge is 0.191 e. The van der Waals surface area contributed by atoms with Gasteiger partial charge in [-0.3, -0.25) is 4.99 Å². The van der Waals surface area contributed by atoms with Crippen molar-refractivity contribution in [2.24, 2.45) is 10.4 Å². The average Bonchev–Trinajstić information content (AvgIpc) is 3.23. The molecule has 3 rings (SSSR count). The van der Waals surface area contributed by atoms with E-state index in [0.29, 0.717) is 37.1 Å². The third kappa shape index (κ3) is 7.52. The molecule has 0 spiro atoms. The van der Waals surface area contributed by atoms with E-state index in [2.05, 4.69) is 27.8 Å². The molecule has 8 heteroatoms. The van der Waals surface area contributed by atoms with Crippen molar-refractivity contribution < 1.29 is 14.6 Å². The molecule has 1 atom stereocenters. The molecule has 2 aromatic carbocycles. The van der Waals surface area contributed by atoms with Crippen LogP contribution in [0.1, 0.15) is 24.0 Å². The fourth-order valence-electron chi connectivity index (χ4n) is 3.57. The Morgan fingerprint density at radius 3 is 2.58 bits per heavy atom. The lowest BCUT2D eigenvalue weighted by molar-refractivity contribution is 0.127. The Hall–Kier alpha value is -1.55. The van der Waals surface area contributed by atoms with Gasteiger partial charge in [-0.15, -0.1) is 24.0 Å². The van der Waals surface area contributed by atoms with Crippen LogP contribution in [0.25, 0.3) is 0 Å². The zero-order valence-corrected chi connectivity index (χ0v) is 20.9. The molecule has 0 radical (unpaired) electrons. The first-order valence-electron chi connectivity index (χ1n) is 10.2. The highest BCUT2D eigenvalue weighted by Crippen LogP contribution is 2.31. The molecular formula is C23H31ClIN3O3. The lowest BCUT2D eigenvalue weighted by Crippen LogP contribution is -2.44. The zero-order valence-electron chi connectivity index (χ0n) is 17.8. The van der Waals surface area contributed by atoms with Crippen LogP contribution in [-0.2, 0) is 17.9 Å². The van der Waals surface area contributed by atoms with E-state index in [0.717, 1.165) is 36.5 Å². The third-order valence-corrected chi connectivity index (χ3v) is 5.78. The van der Waals surface area contributed by atoms with E-state index >= 15 is 0 Å². The van der Waals surface area contributed by atoms with Gasteiger partial charge < -0.3 is 25.2 Å². The Morgan fingerprint density at radius 1 is 1.16 bits per heavy atom. The summed E-state index contributed by atoms with van der Waals surface area (Å²) in [5, 5.41) is 16.8. The molecule has 0 bridgehead atoms. The Balaban J connectivity index is 0.00000341. The van der Waals surface area contributed by atoms with Crippen molar-refractivity contribution in [3.05, 3.63) is 64.7 Å². The minimum Gasteiger partial charge on any atom is -0.487 e. The Kier molecular flexibility index (Phi) is 10.9.